The Morgan fingerprint density at radius 1 is 1.32 bits per heavy atom. The van der Waals surface area contributed by atoms with Crippen molar-refractivity contribution in [3.05, 3.63) is 0 Å². The minimum atomic E-state index is -0.349. The van der Waals surface area contributed by atoms with Crippen LogP contribution in [0, 0.1) is 23.2 Å². The Hall–Kier alpha value is -0.570. The van der Waals surface area contributed by atoms with Crippen LogP contribution in [-0.4, -0.2) is 24.7 Å². The first-order valence-electron chi connectivity index (χ1n) is 7.86. The maximum atomic E-state index is 12.5. The number of rotatable bonds is 2. The van der Waals surface area contributed by atoms with Gasteiger partial charge in [-0.05, 0) is 83.2 Å². The molecule has 4 atom stereocenters. The van der Waals surface area contributed by atoms with Gasteiger partial charge in [-0.2, -0.15) is 0 Å². The Morgan fingerprint density at radius 3 is 2.68 bits per heavy atom. The van der Waals surface area contributed by atoms with E-state index in [1.165, 1.54) is 32.1 Å². The van der Waals surface area contributed by atoms with Crippen LogP contribution in [0.25, 0.3) is 0 Å². The molecule has 19 heavy (non-hydrogen) atoms. The number of carbonyl (C=O) groups excluding carboxylic acids is 1. The van der Waals surface area contributed by atoms with Crippen molar-refractivity contribution in [3.8, 4) is 0 Å². The van der Waals surface area contributed by atoms with Crippen molar-refractivity contribution in [1.82, 2.24) is 5.32 Å². The maximum Gasteiger partial charge on any atom is 0.310 e. The number of esters is 1. The normalized spacial score (nSPS) is 41.7. The van der Waals surface area contributed by atoms with Gasteiger partial charge in [0.1, 0.15) is 5.60 Å². The van der Waals surface area contributed by atoms with E-state index in [1.54, 1.807) is 0 Å². The summed E-state index contributed by atoms with van der Waals surface area (Å²) in [5.74, 6) is 1.57. The van der Waals surface area contributed by atoms with E-state index >= 15 is 0 Å². The molecule has 4 fully saturated rings. The van der Waals surface area contributed by atoms with E-state index in [9.17, 15) is 4.79 Å². The summed E-state index contributed by atoms with van der Waals surface area (Å²) in [7, 11) is 0. The molecule has 0 aromatic carbocycles. The lowest BCUT2D eigenvalue weighted by Crippen LogP contribution is -2.54. The van der Waals surface area contributed by atoms with Gasteiger partial charge in [-0.25, -0.2) is 0 Å². The Balaban J connectivity index is 1.73. The van der Waals surface area contributed by atoms with Crippen LogP contribution < -0.4 is 5.32 Å². The third-order valence-electron chi connectivity index (χ3n) is 5.48. The standard InChI is InChI=1S/C16H27NO2/c1-15(2,3)19-14(18)13-11-6-7-16(13,9-11)12-5-4-8-17-10-12/h11-13,17H,4-10H2,1-3H3. The summed E-state index contributed by atoms with van der Waals surface area (Å²) in [4.78, 5) is 12.5. The molecule has 3 aliphatic carbocycles. The van der Waals surface area contributed by atoms with Crippen LogP contribution in [0.5, 0.6) is 0 Å². The van der Waals surface area contributed by atoms with Crippen LogP contribution in [0.1, 0.15) is 52.9 Å². The molecule has 0 spiro atoms. The van der Waals surface area contributed by atoms with E-state index in [4.69, 9.17) is 4.74 Å². The predicted molar refractivity (Wildman–Crippen MR) is 74.7 cm³/mol. The molecule has 3 nitrogen and oxygen atoms in total. The minimum absolute atomic E-state index is 0.0758. The van der Waals surface area contributed by atoms with Crippen LogP contribution in [-0.2, 0) is 9.53 Å². The highest BCUT2D eigenvalue weighted by Gasteiger charge is 2.65. The zero-order valence-electron chi connectivity index (χ0n) is 12.5. The number of hydrogen-bond acceptors (Lipinski definition) is 3. The number of piperidine rings is 1. The van der Waals surface area contributed by atoms with Crippen molar-refractivity contribution in [2.45, 2.75) is 58.5 Å². The van der Waals surface area contributed by atoms with E-state index in [1.807, 2.05) is 20.8 Å². The molecular formula is C16H27NO2. The molecule has 0 aromatic rings. The molecule has 1 aliphatic heterocycles. The highest BCUT2D eigenvalue weighted by atomic mass is 16.6. The van der Waals surface area contributed by atoms with Crippen LogP contribution in [0.2, 0.25) is 0 Å². The third kappa shape index (κ3) is 2.20. The molecule has 4 rings (SSSR count). The van der Waals surface area contributed by atoms with Crippen molar-refractivity contribution in [1.29, 1.82) is 0 Å². The van der Waals surface area contributed by atoms with E-state index in [0.29, 0.717) is 11.8 Å². The molecule has 1 N–H and O–H groups in total. The van der Waals surface area contributed by atoms with Gasteiger partial charge < -0.3 is 10.1 Å². The quantitative estimate of drug-likeness (QED) is 0.780. The highest BCUT2D eigenvalue weighted by Crippen LogP contribution is 2.67. The third-order valence-corrected chi connectivity index (χ3v) is 5.48. The molecule has 4 aliphatic rings. The molecule has 3 saturated carbocycles. The first-order chi connectivity index (χ1) is 8.92. The summed E-state index contributed by atoms with van der Waals surface area (Å²) in [5.41, 5.74) is -0.0709. The van der Waals surface area contributed by atoms with Gasteiger partial charge in [-0.15, -0.1) is 0 Å². The predicted octanol–water partition coefficient (Wildman–Crippen LogP) is 2.74. The second-order valence-electron chi connectivity index (χ2n) is 7.79. The summed E-state index contributed by atoms with van der Waals surface area (Å²) in [6.45, 7) is 8.17. The lowest BCUT2D eigenvalue weighted by molar-refractivity contribution is -0.178. The van der Waals surface area contributed by atoms with Crippen LogP contribution in [0.3, 0.4) is 0 Å². The maximum absolute atomic E-state index is 12.5. The van der Waals surface area contributed by atoms with Crippen LogP contribution in [0.15, 0.2) is 0 Å². The van der Waals surface area contributed by atoms with Gasteiger partial charge in [0, 0.05) is 0 Å². The number of fused-ring (bicyclic) bond motifs is 1. The van der Waals surface area contributed by atoms with Gasteiger partial charge in [0.15, 0.2) is 0 Å². The van der Waals surface area contributed by atoms with Gasteiger partial charge in [-0.3, -0.25) is 4.79 Å². The van der Waals surface area contributed by atoms with Crippen molar-refractivity contribution in [3.63, 3.8) is 0 Å². The molecule has 2 bridgehead atoms. The molecule has 4 unspecified atom stereocenters. The van der Waals surface area contributed by atoms with Gasteiger partial charge in [0.25, 0.3) is 0 Å². The van der Waals surface area contributed by atoms with Gasteiger partial charge in [0.05, 0.1) is 5.92 Å². The van der Waals surface area contributed by atoms with Gasteiger partial charge in [0.2, 0.25) is 0 Å². The highest BCUT2D eigenvalue weighted by molar-refractivity contribution is 5.76. The summed E-state index contributed by atoms with van der Waals surface area (Å²) in [5, 5.41) is 3.52. The smallest absolute Gasteiger partial charge is 0.310 e. The zero-order chi connectivity index (χ0) is 13.7. The molecule has 108 valence electrons. The summed E-state index contributed by atoms with van der Waals surface area (Å²) in [6, 6.07) is 0. The Bertz CT molecular complexity index is 363. The lowest BCUT2D eigenvalue weighted by atomic mass is 9.53. The lowest BCUT2D eigenvalue weighted by Gasteiger charge is -2.52. The van der Waals surface area contributed by atoms with Crippen molar-refractivity contribution in [2.75, 3.05) is 13.1 Å². The molecule has 0 aromatic heterocycles. The zero-order valence-corrected chi connectivity index (χ0v) is 12.5. The molecule has 3 heteroatoms. The Labute approximate surface area is 116 Å². The van der Waals surface area contributed by atoms with Crippen LogP contribution in [0.4, 0.5) is 0 Å². The summed E-state index contributed by atoms with van der Waals surface area (Å²) < 4.78 is 5.68. The molecule has 1 saturated heterocycles. The van der Waals surface area contributed by atoms with E-state index in [-0.39, 0.29) is 22.9 Å². The summed E-state index contributed by atoms with van der Waals surface area (Å²) >= 11 is 0. The minimum Gasteiger partial charge on any atom is -0.460 e. The Morgan fingerprint density at radius 2 is 2.11 bits per heavy atom. The van der Waals surface area contributed by atoms with E-state index in [0.717, 1.165) is 13.1 Å². The first-order valence-corrected chi connectivity index (χ1v) is 7.86. The average Bonchev–Trinajstić information content (AvgIpc) is 2.86. The molecule has 1 heterocycles. The largest absolute Gasteiger partial charge is 0.460 e. The van der Waals surface area contributed by atoms with Crippen LogP contribution >= 0.6 is 0 Å². The molecule has 0 amide bonds. The second-order valence-corrected chi connectivity index (χ2v) is 7.79. The first kappa shape index (κ1) is 13.4. The van der Waals surface area contributed by atoms with Crippen molar-refractivity contribution in [2.24, 2.45) is 23.2 Å². The fourth-order valence-corrected chi connectivity index (χ4v) is 4.78. The van der Waals surface area contributed by atoms with Gasteiger partial charge >= 0.3 is 5.97 Å². The van der Waals surface area contributed by atoms with Crippen molar-refractivity contribution >= 4 is 5.97 Å². The Kier molecular flexibility index (Phi) is 3.16. The SMILES string of the molecule is CC(C)(C)OC(=O)C1C2CCC1(C1CCCNC1)C2. The second kappa shape index (κ2) is 4.47. The number of hydrogen-bond donors (Lipinski definition) is 1. The number of carbonyl (C=O) groups is 1. The molecule has 0 radical (unpaired) electrons. The number of ether oxygens (including phenoxy) is 1. The fraction of sp³-hybridized carbons (Fsp3) is 0.938. The van der Waals surface area contributed by atoms with E-state index < -0.39 is 0 Å². The summed E-state index contributed by atoms with van der Waals surface area (Å²) in [6.07, 6.45) is 6.30. The topological polar surface area (TPSA) is 38.3 Å². The van der Waals surface area contributed by atoms with Crippen molar-refractivity contribution < 1.29 is 9.53 Å². The van der Waals surface area contributed by atoms with E-state index in [2.05, 4.69) is 5.32 Å². The average molecular weight is 265 g/mol. The fourth-order valence-electron chi connectivity index (χ4n) is 4.78. The monoisotopic (exact) mass is 265 g/mol. The molecular weight excluding hydrogens is 238 g/mol. The number of nitrogens with one attached hydrogen (secondary N) is 1. The van der Waals surface area contributed by atoms with Gasteiger partial charge in [-0.1, -0.05) is 0 Å².